The predicted molar refractivity (Wildman–Crippen MR) is 118 cm³/mol. The van der Waals surface area contributed by atoms with Crippen molar-refractivity contribution in [3.63, 3.8) is 0 Å². The van der Waals surface area contributed by atoms with Crippen LogP contribution in [0, 0.1) is 5.82 Å². The molecule has 0 radical (unpaired) electrons. The van der Waals surface area contributed by atoms with Gasteiger partial charge >= 0.3 is 0 Å². The van der Waals surface area contributed by atoms with E-state index in [2.05, 4.69) is 9.44 Å². The van der Waals surface area contributed by atoms with Gasteiger partial charge in [-0.15, -0.1) is 0 Å². The molecular weight excluding hydrogens is 457 g/mol. The van der Waals surface area contributed by atoms with E-state index in [0.717, 1.165) is 24.3 Å². The molecule has 8 nitrogen and oxygen atoms in total. The van der Waals surface area contributed by atoms with E-state index in [1.165, 1.54) is 41.3 Å². The van der Waals surface area contributed by atoms with Gasteiger partial charge in [-0.2, -0.15) is 0 Å². The summed E-state index contributed by atoms with van der Waals surface area (Å²) in [6.45, 7) is 0. The second-order valence-electron chi connectivity index (χ2n) is 7.16. The fourth-order valence-corrected chi connectivity index (χ4v) is 5.43. The maximum atomic E-state index is 13.0. The van der Waals surface area contributed by atoms with E-state index in [-0.39, 0.29) is 33.5 Å². The number of sulfonamides is 2. The predicted octanol–water partition coefficient (Wildman–Crippen LogP) is 2.95. The third-order valence-corrected chi connectivity index (χ3v) is 7.73. The minimum absolute atomic E-state index is 0.0143. The second-order valence-corrected chi connectivity index (χ2v) is 10.5. The molecule has 3 aromatic carbocycles. The van der Waals surface area contributed by atoms with Gasteiger partial charge in [0.15, 0.2) is 0 Å². The molecule has 0 bridgehead atoms. The number of nitrogens with one attached hydrogen (secondary N) is 2. The number of anilines is 3. The van der Waals surface area contributed by atoms with Gasteiger partial charge in [0.25, 0.3) is 20.0 Å². The molecule has 11 heteroatoms. The summed E-state index contributed by atoms with van der Waals surface area (Å²) in [7, 11) is -6.21. The Kier molecular flexibility index (Phi) is 5.39. The van der Waals surface area contributed by atoms with Crippen LogP contribution in [0.5, 0.6) is 0 Å². The highest BCUT2D eigenvalue weighted by atomic mass is 32.2. The Labute approximate surface area is 184 Å². The highest BCUT2D eigenvalue weighted by Gasteiger charge is 2.26. The molecule has 0 aromatic heterocycles. The summed E-state index contributed by atoms with van der Waals surface area (Å²) < 4.78 is 68.0. The molecule has 1 heterocycles. The minimum Gasteiger partial charge on any atom is -0.315 e. The molecule has 0 unspecified atom stereocenters. The number of fused-ring (bicyclic) bond motifs is 1. The van der Waals surface area contributed by atoms with Crippen LogP contribution in [0.3, 0.4) is 0 Å². The van der Waals surface area contributed by atoms with Gasteiger partial charge < -0.3 is 4.90 Å². The van der Waals surface area contributed by atoms with Crippen molar-refractivity contribution in [1.29, 1.82) is 0 Å². The number of nitrogens with zero attached hydrogens (tertiary/aromatic N) is 1. The van der Waals surface area contributed by atoms with Gasteiger partial charge in [0.2, 0.25) is 5.91 Å². The molecule has 1 aliphatic rings. The maximum Gasteiger partial charge on any atom is 0.261 e. The van der Waals surface area contributed by atoms with Gasteiger partial charge in [0, 0.05) is 24.1 Å². The first-order valence-electron chi connectivity index (χ1n) is 9.36. The van der Waals surface area contributed by atoms with E-state index in [9.17, 15) is 26.0 Å². The van der Waals surface area contributed by atoms with Gasteiger partial charge in [-0.1, -0.05) is 0 Å². The third-order valence-electron chi connectivity index (χ3n) is 4.95. The Morgan fingerprint density at radius 1 is 0.781 bits per heavy atom. The monoisotopic (exact) mass is 475 g/mol. The Morgan fingerprint density at radius 3 is 1.84 bits per heavy atom. The lowest BCUT2D eigenvalue weighted by molar-refractivity contribution is -0.117. The number of halogens is 1. The van der Waals surface area contributed by atoms with Crippen LogP contribution in [-0.4, -0.2) is 29.8 Å². The summed E-state index contributed by atoms with van der Waals surface area (Å²) in [5, 5.41) is 0. The molecule has 0 spiro atoms. The molecular formula is C21H18FN3O5S2. The summed E-state index contributed by atoms with van der Waals surface area (Å²) in [5.41, 5.74) is 1.73. The number of likely N-dealkylation sites (N-methyl/N-ethyl adjacent to an activating group) is 1. The molecule has 4 rings (SSSR count). The fraction of sp³-hybridized carbons (Fsp3) is 0.0952. The van der Waals surface area contributed by atoms with Gasteiger partial charge in [-0.3, -0.25) is 14.2 Å². The number of carbonyl (C=O) groups is 1. The Hall–Kier alpha value is -3.44. The lowest BCUT2D eigenvalue weighted by Crippen LogP contribution is -2.20. The van der Waals surface area contributed by atoms with E-state index in [0.29, 0.717) is 11.3 Å². The Morgan fingerprint density at radius 2 is 1.28 bits per heavy atom. The summed E-state index contributed by atoms with van der Waals surface area (Å²) in [5.74, 6) is -0.663. The van der Waals surface area contributed by atoms with E-state index < -0.39 is 25.9 Å². The van der Waals surface area contributed by atoms with Crippen molar-refractivity contribution >= 4 is 43.0 Å². The first kappa shape index (κ1) is 21.8. The van der Waals surface area contributed by atoms with Crippen molar-refractivity contribution < 1.29 is 26.0 Å². The van der Waals surface area contributed by atoms with Crippen molar-refractivity contribution in [2.24, 2.45) is 0 Å². The molecule has 2 N–H and O–H groups in total. The number of carbonyl (C=O) groups excluding carboxylic acids is 1. The van der Waals surface area contributed by atoms with Gasteiger partial charge in [0.05, 0.1) is 16.2 Å². The Bertz CT molecular complexity index is 1400. The largest absolute Gasteiger partial charge is 0.315 e. The molecule has 166 valence electrons. The van der Waals surface area contributed by atoms with Crippen molar-refractivity contribution in [1.82, 2.24) is 0 Å². The molecule has 0 atom stereocenters. The lowest BCUT2D eigenvalue weighted by atomic mass is 10.2. The number of hydrogen-bond acceptors (Lipinski definition) is 5. The third kappa shape index (κ3) is 4.30. The van der Waals surface area contributed by atoms with E-state index in [1.54, 1.807) is 13.1 Å². The molecule has 0 aliphatic carbocycles. The van der Waals surface area contributed by atoms with Crippen LogP contribution in [0.1, 0.15) is 5.56 Å². The zero-order valence-corrected chi connectivity index (χ0v) is 18.4. The van der Waals surface area contributed by atoms with Crippen molar-refractivity contribution in [3.05, 3.63) is 78.1 Å². The molecule has 32 heavy (non-hydrogen) atoms. The average Bonchev–Trinajstić information content (AvgIpc) is 3.02. The maximum absolute atomic E-state index is 13.0. The zero-order valence-electron chi connectivity index (χ0n) is 16.7. The van der Waals surface area contributed by atoms with Gasteiger partial charge in [0.1, 0.15) is 5.82 Å². The number of benzene rings is 3. The number of rotatable bonds is 6. The first-order chi connectivity index (χ1) is 15.0. The van der Waals surface area contributed by atoms with Crippen molar-refractivity contribution in [3.8, 4) is 0 Å². The summed E-state index contributed by atoms with van der Waals surface area (Å²) in [6.07, 6.45) is 0.137. The van der Waals surface area contributed by atoms with Crippen LogP contribution in [0.2, 0.25) is 0 Å². The summed E-state index contributed by atoms with van der Waals surface area (Å²) in [6, 6.07) is 14.4. The topological polar surface area (TPSA) is 113 Å². The average molecular weight is 476 g/mol. The normalized spacial score (nSPS) is 13.7. The van der Waals surface area contributed by atoms with Crippen LogP contribution >= 0.6 is 0 Å². The van der Waals surface area contributed by atoms with Crippen LogP contribution in [0.15, 0.2) is 76.5 Å². The molecule has 0 saturated carbocycles. The summed E-state index contributed by atoms with van der Waals surface area (Å²) >= 11 is 0. The lowest BCUT2D eigenvalue weighted by Gasteiger charge is -2.12. The molecule has 0 fully saturated rings. The van der Waals surface area contributed by atoms with Crippen LogP contribution < -0.4 is 14.3 Å². The number of hydrogen-bond donors (Lipinski definition) is 2. The van der Waals surface area contributed by atoms with Crippen molar-refractivity contribution in [2.75, 3.05) is 21.4 Å². The van der Waals surface area contributed by atoms with Gasteiger partial charge in [-0.05, 0) is 72.3 Å². The van der Waals surface area contributed by atoms with Crippen molar-refractivity contribution in [2.45, 2.75) is 16.2 Å². The Balaban J connectivity index is 1.49. The zero-order chi connectivity index (χ0) is 23.1. The molecule has 1 aliphatic heterocycles. The first-order valence-corrected chi connectivity index (χ1v) is 12.3. The SMILES string of the molecule is CN1C(=O)Cc2cc(S(=O)(=O)Nc3ccc(NS(=O)(=O)c4ccc(F)cc4)cc3)ccc21. The second kappa shape index (κ2) is 7.92. The highest BCUT2D eigenvalue weighted by molar-refractivity contribution is 7.93. The fourth-order valence-electron chi connectivity index (χ4n) is 3.26. The molecule has 1 amide bonds. The molecule has 0 saturated heterocycles. The number of amides is 1. The minimum atomic E-state index is -3.92. The highest BCUT2D eigenvalue weighted by Crippen LogP contribution is 2.30. The smallest absolute Gasteiger partial charge is 0.261 e. The quantitative estimate of drug-likeness (QED) is 0.569. The molecule has 3 aromatic rings. The summed E-state index contributed by atoms with van der Waals surface area (Å²) in [4.78, 5) is 13.2. The van der Waals surface area contributed by atoms with Crippen LogP contribution in [-0.2, 0) is 31.3 Å². The van der Waals surface area contributed by atoms with E-state index in [4.69, 9.17) is 0 Å². The van der Waals surface area contributed by atoms with Crippen LogP contribution in [0.4, 0.5) is 21.5 Å². The van der Waals surface area contributed by atoms with Gasteiger partial charge in [-0.25, -0.2) is 21.2 Å². The standard InChI is InChI=1S/C21H18FN3O5S2/c1-25-20-11-10-19(12-14(20)13-21(25)26)32(29,30)24-17-6-4-16(5-7-17)23-31(27,28)18-8-2-15(22)3-9-18/h2-12,23-24H,13H2,1H3. The van der Waals surface area contributed by atoms with E-state index >= 15 is 0 Å². The van der Waals surface area contributed by atoms with E-state index in [1.807, 2.05) is 0 Å². The van der Waals surface area contributed by atoms with Crippen LogP contribution in [0.25, 0.3) is 0 Å².